The van der Waals surface area contributed by atoms with Gasteiger partial charge in [-0.05, 0) is 50.3 Å². The third kappa shape index (κ3) is 5.54. The maximum Gasteiger partial charge on any atom is 0.194 e. The van der Waals surface area contributed by atoms with Crippen molar-refractivity contribution in [3.63, 3.8) is 0 Å². The fourth-order valence-corrected chi connectivity index (χ4v) is 4.89. The predicted octanol–water partition coefficient (Wildman–Crippen LogP) is 3.02. The molecule has 0 saturated carbocycles. The number of rotatable bonds is 5. The van der Waals surface area contributed by atoms with E-state index in [-0.39, 0.29) is 12.2 Å². The second-order valence-corrected chi connectivity index (χ2v) is 8.94. The van der Waals surface area contributed by atoms with E-state index in [0.717, 1.165) is 58.2 Å². The van der Waals surface area contributed by atoms with E-state index in [1.165, 1.54) is 36.9 Å². The summed E-state index contributed by atoms with van der Waals surface area (Å²) in [6.07, 6.45) is 6.67. The highest BCUT2D eigenvalue weighted by Crippen LogP contribution is 2.21. The van der Waals surface area contributed by atoms with Gasteiger partial charge in [-0.15, -0.1) is 0 Å². The van der Waals surface area contributed by atoms with Gasteiger partial charge in [-0.2, -0.15) is 0 Å². The molecular weight excluding hydrogens is 376 g/mol. The van der Waals surface area contributed by atoms with Crippen LogP contribution in [0, 0.1) is 0 Å². The summed E-state index contributed by atoms with van der Waals surface area (Å²) in [6.45, 7) is 8.75. The molecule has 3 aliphatic rings. The maximum absolute atomic E-state index is 5.98. The zero-order chi connectivity index (χ0) is 20.8. The van der Waals surface area contributed by atoms with Crippen LogP contribution in [0.3, 0.4) is 0 Å². The molecule has 3 unspecified atom stereocenters. The van der Waals surface area contributed by atoms with Crippen LogP contribution in [0.4, 0.5) is 0 Å². The molecule has 6 nitrogen and oxygen atoms in total. The molecule has 3 saturated heterocycles. The van der Waals surface area contributed by atoms with Crippen LogP contribution in [-0.2, 0) is 22.6 Å². The van der Waals surface area contributed by atoms with Gasteiger partial charge in [0, 0.05) is 45.9 Å². The van der Waals surface area contributed by atoms with Gasteiger partial charge in [0.2, 0.25) is 0 Å². The maximum atomic E-state index is 5.98. The summed E-state index contributed by atoms with van der Waals surface area (Å²) in [4.78, 5) is 9.44. The van der Waals surface area contributed by atoms with Gasteiger partial charge in [-0.25, -0.2) is 0 Å². The Morgan fingerprint density at radius 1 is 1.00 bits per heavy atom. The minimum absolute atomic E-state index is 0.149. The first-order valence-electron chi connectivity index (χ1n) is 11.7. The van der Waals surface area contributed by atoms with Gasteiger partial charge in [0.1, 0.15) is 6.10 Å². The van der Waals surface area contributed by atoms with E-state index in [9.17, 15) is 0 Å². The Hall–Kier alpha value is -1.63. The highest BCUT2D eigenvalue weighted by molar-refractivity contribution is 5.80. The number of piperidine rings is 1. The van der Waals surface area contributed by atoms with Gasteiger partial charge in [-0.1, -0.05) is 30.7 Å². The highest BCUT2D eigenvalue weighted by Gasteiger charge is 2.32. The van der Waals surface area contributed by atoms with Crippen molar-refractivity contribution >= 4 is 5.96 Å². The number of benzene rings is 1. The number of morpholine rings is 1. The van der Waals surface area contributed by atoms with E-state index >= 15 is 0 Å². The van der Waals surface area contributed by atoms with Crippen LogP contribution >= 0.6 is 0 Å². The molecule has 1 N–H and O–H groups in total. The molecule has 3 fully saturated rings. The van der Waals surface area contributed by atoms with Crippen molar-refractivity contribution in [2.24, 2.45) is 4.99 Å². The molecule has 3 atom stereocenters. The van der Waals surface area contributed by atoms with Crippen molar-refractivity contribution in [3.8, 4) is 0 Å². The first kappa shape index (κ1) is 21.6. The van der Waals surface area contributed by atoms with Crippen LogP contribution in [0.1, 0.15) is 50.2 Å². The van der Waals surface area contributed by atoms with Crippen molar-refractivity contribution in [1.29, 1.82) is 0 Å². The fraction of sp³-hybridized carbons (Fsp3) is 0.708. The Morgan fingerprint density at radius 2 is 1.80 bits per heavy atom. The SMILES string of the molecule is CN=C(NCc1ccc(CN2CCCCC2C)cc1)N1CCOC(C2CCCO2)C1. The quantitative estimate of drug-likeness (QED) is 0.593. The Morgan fingerprint density at radius 3 is 2.53 bits per heavy atom. The number of hydrogen-bond acceptors (Lipinski definition) is 4. The summed E-state index contributed by atoms with van der Waals surface area (Å²) < 4.78 is 11.8. The van der Waals surface area contributed by atoms with Crippen LogP contribution in [0.2, 0.25) is 0 Å². The lowest BCUT2D eigenvalue weighted by Crippen LogP contribution is -2.53. The average Bonchev–Trinajstić information content (AvgIpc) is 3.32. The van der Waals surface area contributed by atoms with Gasteiger partial charge in [0.05, 0.1) is 12.7 Å². The topological polar surface area (TPSA) is 49.3 Å². The lowest BCUT2D eigenvalue weighted by atomic mass is 10.0. The number of likely N-dealkylation sites (tertiary alicyclic amines) is 1. The van der Waals surface area contributed by atoms with Crippen LogP contribution in [0.5, 0.6) is 0 Å². The van der Waals surface area contributed by atoms with E-state index in [2.05, 4.69) is 51.3 Å². The first-order valence-corrected chi connectivity index (χ1v) is 11.7. The Balaban J connectivity index is 1.27. The van der Waals surface area contributed by atoms with Crippen molar-refractivity contribution in [3.05, 3.63) is 35.4 Å². The summed E-state index contributed by atoms with van der Waals surface area (Å²) in [5.41, 5.74) is 2.69. The van der Waals surface area contributed by atoms with E-state index < -0.39 is 0 Å². The molecule has 0 aromatic heterocycles. The largest absolute Gasteiger partial charge is 0.375 e. The number of hydrogen-bond donors (Lipinski definition) is 1. The van der Waals surface area contributed by atoms with Crippen molar-refractivity contribution < 1.29 is 9.47 Å². The summed E-state index contributed by atoms with van der Waals surface area (Å²) in [5.74, 6) is 0.951. The smallest absolute Gasteiger partial charge is 0.194 e. The van der Waals surface area contributed by atoms with Crippen LogP contribution < -0.4 is 5.32 Å². The third-order valence-corrected chi connectivity index (χ3v) is 6.78. The second kappa shape index (κ2) is 10.6. The molecule has 0 amide bonds. The van der Waals surface area contributed by atoms with Crippen molar-refractivity contribution in [1.82, 2.24) is 15.1 Å². The van der Waals surface area contributed by atoms with Gasteiger partial charge < -0.3 is 19.7 Å². The van der Waals surface area contributed by atoms with E-state index in [1.54, 1.807) is 0 Å². The number of ether oxygens (including phenoxy) is 2. The van der Waals surface area contributed by atoms with Gasteiger partial charge in [-0.3, -0.25) is 9.89 Å². The number of guanidine groups is 1. The Labute approximate surface area is 181 Å². The molecular formula is C24H38N4O2. The van der Waals surface area contributed by atoms with Crippen molar-refractivity contribution in [2.45, 2.75) is 70.4 Å². The molecule has 0 aliphatic carbocycles. The predicted molar refractivity (Wildman–Crippen MR) is 121 cm³/mol. The van der Waals surface area contributed by atoms with Gasteiger partial charge in [0.25, 0.3) is 0 Å². The molecule has 0 radical (unpaired) electrons. The molecule has 3 aliphatic heterocycles. The van der Waals surface area contributed by atoms with Crippen LogP contribution in [-0.4, -0.2) is 73.9 Å². The minimum Gasteiger partial charge on any atom is -0.375 e. The van der Waals surface area contributed by atoms with Gasteiger partial charge in [0.15, 0.2) is 5.96 Å². The number of nitrogens with one attached hydrogen (secondary N) is 1. The molecule has 0 bridgehead atoms. The molecule has 166 valence electrons. The molecule has 6 heteroatoms. The molecule has 0 spiro atoms. The molecule has 1 aromatic rings. The third-order valence-electron chi connectivity index (χ3n) is 6.78. The zero-order valence-electron chi connectivity index (χ0n) is 18.7. The Kier molecular flexibility index (Phi) is 7.63. The monoisotopic (exact) mass is 414 g/mol. The zero-order valence-corrected chi connectivity index (χ0v) is 18.7. The van der Waals surface area contributed by atoms with E-state index in [0.29, 0.717) is 6.04 Å². The van der Waals surface area contributed by atoms with E-state index in [4.69, 9.17) is 9.47 Å². The van der Waals surface area contributed by atoms with Gasteiger partial charge >= 0.3 is 0 Å². The number of aliphatic imine (C=N–C) groups is 1. The standard InChI is InChI=1S/C24H38N4O2/c1-19-6-3-4-12-27(19)17-21-10-8-20(9-11-21)16-26-24(25-2)28-13-15-30-23(18-28)22-7-5-14-29-22/h8-11,19,22-23H,3-7,12-18H2,1-2H3,(H,25,26). The fourth-order valence-electron chi connectivity index (χ4n) is 4.89. The summed E-state index contributed by atoms with van der Waals surface area (Å²) >= 11 is 0. The molecule has 1 aromatic carbocycles. The highest BCUT2D eigenvalue weighted by atomic mass is 16.5. The minimum atomic E-state index is 0.149. The average molecular weight is 415 g/mol. The lowest BCUT2D eigenvalue weighted by molar-refractivity contribution is -0.0817. The molecule has 30 heavy (non-hydrogen) atoms. The van der Waals surface area contributed by atoms with Crippen molar-refractivity contribution in [2.75, 3.05) is 39.9 Å². The summed E-state index contributed by atoms with van der Waals surface area (Å²) in [6, 6.07) is 9.76. The van der Waals surface area contributed by atoms with Crippen LogP contribution in [0.25, 0.3) is 0 Å². The second-order valence-electron chi connectivity index (χ2n) is 8.94. The summed E-state index contributed by atoms with van der Waals surface area (Å²) in [7, 11) is 1.86. The van der Waals surface area contributed by atoms with Crippen LogP contribution in [0.15, 0.2) is 29.3 Å². The normalized spacial score (nSPS) is 28.7. The Bertz CT molecular complexity index is 687. The first-order chi connectivity index (χ1) is 14.7. The molecule has 3 heterocycles. The lowest BCUT2D eigenvalue weighted by Gasteiger charge is -2.37. The molecule has 4 rings (SSSR count). The summed E-state index contributed by atoms with van der Waals surface area (Å²) in [5, 5.41) is 3.54. The van der Waals surface area contributed by atoms with E-state index in [1.807, 2.05) is 7.05 Å². The number of nitrogens with zero attached hydrogens (tertiary/aromatic N) is 3.